The van der Waals surface area contributed by atoms with E-state index in [1.54, 1.807) is 0 Å². The van der Waals surface area contributed by atoms with Crippen LogP contribution in [0.3, 0.4) is 0 Å². The predicted molar refractivity (Wildman–Crippen MR) is 164 cm³/mol. The highest BCUT2D eigenvalue weighted by Gasteiger charge is 2.25. The summed E-state index contributed by atoms with van der Waals surface area (Å²) in [6.45, 7) is 8.29. The molecule has 2 atom stereocenters. The average molecular weight is 539 g/mol. The molecule has 4 nitrogen and oxygen atoms in total. The van der Waals surface area contributed by atoms with Gasteiger partial charge in [-0.15, -0.1) is 0 Å². The molecule has 39 heavy (non-hydrogen) atoms. The molecule has 2 aromatic carbocycles. The monoisotopic (exact) mass is 538 g/mol. The molecule has 0 saturated carbocycles. The van der Waals surface area contributed by atoms with Crippen molar-refractivity contribution in [3.63, 3.8) is 0 Å². The molecule has 0 spiro atoms. The van der Waals surface area contributed by atoms with Gasteiger partial charge in [0, 0.05) is 12.0 Å². The van der Waals surface area contributed by atoms with Crippen molar-refractivity contribution in [2.75, 3.05) is 27.2 Å². The van der Waals surface area contributed by atoms with Crippen LogP contribution in [0.5, 0.6) is 5.75 Å². The Labute approximate surface area is 239 Å². The maximum absolute atomic E-state index is 12.6. The summed E-state index contributed by atoms with van der Waals surface area (Å²) in [4.78, 5) is 12.6. The van der Waals surface area contributed by atoms with Crippen molar-refractivity contribution >= 4 is 5.97 Å². The highest BCUT2D eigenvalue weighted by molar-refractivity contribution is 5.72. The molecule has 0 bridgehead atoms. The Balaban J connectivity index is 1.57. The first-order chi connectivity index (χ1) is 18.8. The number of carbonyl (C=O) groups is 1. The number of ether oxygens (including phenoxy) is 2. The minimum absolute atomic E-state index is 0.00812. The molecule has 2 unspecified atom stereocenters. The van der Waals surface area contributed by atoms with Crippen LogP contribution in [0, 0.1) is 5.92 Å². The smallest absolute Gasteiger partial charge is 0.314 e. The second-order valence-electron chi connectivity index (χ2n) is 12.1. The Hall–Kier alpha value is -2.33. The molecule has 0 amide bonds. The number of unbranched alkanes of at least 4 members (excludes halogenated alkanes) is 9. The summed E-state index contributed by atoms with van der Waals surface area (Å²) in [6, 6.07) is 18.9. The van der Waals surface area contributed by atoms with Crippen LogP contribution in [0.2, 0.25) is 0 Å². The molecule has 0 aliphatic heterocycles. The van der Waals surface area contributed by atoms with Gasteiger partial charge in [0.05, 0.1) is 33.4 Å². The second kappa shape index (κ2) is 18.9. The molecule has 0 N–H and O–H groups in total. The van der Waals surface area contributed by atoms with Gasteiger partial charge in [-0.2, -0.15) is 0 Å². The fourth-order valence-electron chi connectivity index (χ4n) is 5.27. The van der Waals surface area contributed by atoms with Gasteiger partial charge in [-0.25, -0.2) is 0 Å². The van der Waals surface area contributed by atoms with E-state index in [1.165, 1.54) is 75.3 Å². The third-order valence-corrected chi connectivity index (χ3v) is 7.47. The summed E-state index contributed by atoms with van der Waals surface area (Å²) in [5, 5.41) is 0. The molecule has 0 fully saturated rings. The minimum atomic E-state index is -0.150. The molecule has 0 aromatic heterocycles. The number of benzene rings is 2. The summed E-state index contributed by atoms with van der Waals surface area (Å²) in [6.07, 6.45) is 15.5. The van der Waals surface area contributed by atoms with Crippen LogP contribution in [0.15, 0.2) is 54.6 Å². The SMILES string of the molecule is CCCCCCCCCCCCc1ccc(OC(C)CCOC(=O)C(C)C[N+](C)(C)Cc2ccccc2)cc1. The standard InChI is InChI=1S/C35H56NO3/c1-6-7-8-9-10-11-12-13-14-16-19-32-22-24-34(25-23-32)39-31(3)26-27-38-35(37)30(2)28-36(4,5)29-33-20-17-15-18-21-33/h15,17-18,20-25,30-31H,6-14,16,19,26-29H2,1-5H3/q+1. The molecule has 4 heteroatoms. The Morgan fingerprint density at radius 1 is 0.769 bits per heavy atom. The minimum Gasteiger partial charge on any atom is -0.491 e. The van der Waals surface area contributed by atoms with Crippen molar-refractivity contribution in [2.45, 2.75) is 110 Å². The number of quaternary nitrogens is 1. The summed E-state index contributed by atoms with van der Waals surface area (Å²) in [5.74, 6) is 0.606. The molecule has 0 heterocycles. The van der Waals surface area contributed by atoms with Gasteiger partial charge < -0.3 is 14.0 Å². The summed E-state index contributed by atoms with van der Waals surface area (Å²) in [5.41, 5.74) is 2.66. The van der Waals surface area contributed by atoms with Crippen LogP contribution in [-0.4, -0.2) is 43.8 Å². The molecular formula is C35H56NO3+. The molecule has 0 saturated heterocycles. The summed E-state index contributed by atoms with van der Waals surface area (Å²) >= 11 is 0. The third kappa shape index (κ3) is 15.1. The van der Waals surface area contributed by atoms with Gasteiger partial charge in [-0.05, 0) is 44.4 Å². The van der Waals surface area contributed by atoms with E-state index < -0.39 is 0 Å². The van der Waals surface area contributed by atoms with Gasteiger partial charge in [-0.1, -0.05) is 107 Å². The van der Waals surface area contributed by atoms with Gasteiger partial charge >= 0.3 is 5.97 Å². The lowest BCUT2D eigenvalue weighted by atomic mass is 10.0. The van der Waals surface area contributed by atoms with E-state index in [1.807, 2.05) is 19.9 Å². The van der Waals surface area contributed by atoms with Gasteiger partial charge in [0.2, 0.25) is 0 Å². The van der Waals surface area contributed by atoms with Crippen LogP contribution >= 0.6 is 0 Å². The van der Waals surface area contributed by atoms with Crippen molar-refractivity contribution in [3.8, 4) is 5.75 Å². The number of aryl methyl sites for hydroxylation is 1. The van der Waals surface area contributed by atoms with Gasteiger partial charge in [-0.3, -0.25) is 4.79 Å². The molecule has 2 rings (SSSR count). The first-order valence-corrected chi connectivity index (χ1v) is 15.6. The van der Waals surface area contributed by atoms with E-state index in [0.717, 1.165) is 29.7 Å². The Morgan fingerprint density at radius 2 is 1.36 bits per heavy atom. The lowest BCUT2D eigenvalue weighted by molar-refractivity contribution is -0.905. The summed E-state index contributed by atoms with van der Waals surface area (Å²) < 4.78 is 12.4. The first-order valence-electron chi connectivity index (χ1n) is 15.6. The molecule has 0 aliphatic carbocycles. The zero-order valence-electron chi connectivity index (χ0n) is 25.6. The molecule has 0 aliphatic rings. The van der Waals surface area contributed by atoms with Crippen molar-refractivity contribution in [2.24, 2.45) is 5.92 Å². The fraction of sp³-hybridized carbons (Fsp3) is 0.629. The van der Waals surface area contributed by atoms with Crippen molar-refractivity contribution in [3.05, 3.63) is 65.7 Å². The highest BCUT2D eigenvalue weighted by atomic mass is 16.5. The second-order valence-corrected chi connectivity index (χ2v) is 12.1. The zero-order valence-corrected chi connectivity index (χ0v) is 25.6. The number of rotatable bonds is 21. The summed E-state index contributed by atoms with van der Waals surface area (Å²) in [7, 11) is 4.32. The number of hydrogen-bond acceptors (Lipinski definition) is 3. The lowest BCUT2D eigenvalue weighted by Gasteiger charge is -2.32. The molecular weight excluding hydrogens is 482 g/mol. The third-order valence-electron chi connectivity index (χ3n) is 7.47. The fourth-order valence-corrected chi connectivity index (χ4v) is 5.27. The van der Waals surface area contributed by atoms with Crippen molar-refractivity contribution < 1.29 is 18.8 Å². The van der Waals surface area contributed by atoms with E-state index in [-0.39, 0.29) is 18.0 Å². The van der Waals surface area contributed by atoms with Crippen LogP contribution in [-0.2, 0) is 22.5 Å². The quantitative estimate of drug-likeness (QED) is 0.0905. The molecule has 2 aromatic rings. The lowest BCUT2D eigenvalue weighted by Crippen LogP contribution is -2.44. The number of nitrogens with zero attached hydrogens (tertiary/aromatic N) is 1. The van der Waals surface area contributed by atoms with E-state index >= 15 is 0 Å². The maximum Gasteiger partial charge on any atom is 0.314 e. The van der Waals surface area contributed by atoms with Crippen molar-refractivity contribution in [1.29, 1.82) is 0 Å². The number of esters is 1. The zero-order chi connectivity index (χ0) is 28.3. The van der Waals surface area contributed by atoms with Gasteiger partial charge in [0.25, 0.3) is 0 Å². The maximum atomic E-state index is 12.6. The topological polar surface area (TPSA) is 35.5 Å². The normalized spacial score (nSPS) is 13.2. The molecule has 0 radical (unpaired) electrons. The molecule has 218 valence electrons. The van der Waals surface area contributed by atoms with Gasteiger partial charge in [0.15, 0.2) is 0 Å². The Kier molecular flexibility index (Phi) is 15.9. The number of hydrogen-bond donors (Lipinski definition) is 0. The van der Waals surface area contributed by atoms with Crippen LogP contribution in [0.1, 0.15) is 103 Å². The van der Waals surface area contributed by atoms with E-state index in [9.17, 15) is 4.79 Å². The Bertz CT molecular complexity index is 894. The van der Waals surface area contributed by atoms with E-state index in [2.05, 4.69) is 69.6 Å². The van der Waals surface area contributed by atoms with E-state index in [4.69, 9.17) is 9.47 Å². The Morgan fingerprint density at radius 3 is 1.97 bits per heavy atom. The van der Waals surface area contributed by atoms with E-state index in [0.29, 0.717) is 13.0 Å². The average Bonchev–Trinajstić information content (AvgIpc) is 2.90. The van der Waals surface area contributed by atoms with Crippen molar-refractivity contribution in [1.82, 2.24) is 0 Å². The largest absolute Gasteiger partial charge is 0.491 e. The highest BCUT2D eigenvalue weighted by Crippen LogP contribution is 2.18. The van der Waals surface area contributed by atoms with Crippen LogP contribution in [0.4, 0.5) is 0 Å². The predicted octanol–water partition coefficient (Wildman–Crippen LogP) is 8.76. The van der Waals surface area contributed by atoms with Gasteiger partial charge in [0.1, 0.15) is 18.2 Å². The van der Waals surface area contributed by atoms with Crippen LogP contribution in [0.25, 0.3) is 0 Å². The number of carbonyl (C=O) groups excluding carboxylic acids is 1. The van der Waals surface area contributed by atoms with Crippen LogP contribution < -0.4 is 4.74 Å². The first kappa shape index (κ1) is 32.9.